The lowest BCUT2D eigenvalue weighted by atomic mass is 10.1. The predicted molar refractivity (Wildman–Crippen MR) is 51.3 cm³/mol. The Morgan fingerprint density at radius 2 is 2.17 bits per heavy atom. The minimum absolute atomic E-state index is 0.755. The van der Waals surface area contributed by atoms with Crippen LogP contribution < -0.4 is 5.32 Å². The van der Waals surface area contributed by atoms with E-state index in [1.807, 2.05) is 6.92 Å². The maximum atomic E-state index is 5.27. The molecule has 2 nitrogen and oxygen atoms in total. The van der Waals surface area contributed by atoms with E-state index >= 15 is 0 Å². The monoisotopic (exact) mass is 171 g/mol. The van der Waals surface area contributed by atoms with Crippen molar-refractivity contribution in [3.05, 3.63) is 0 Å². The van der Waals surface area contributed by atoms with Crippen LogP contribution in [0, 0.1) is 5.92 Å². The van der Waals surface area contributed by atoms with Crippen molar-refractivity contribution in [1.29, 1.82) is 0 Å². The molecule has 1 fully saturated rings. The van der Waals surface area contributed by atoms with Crippen LogP contribution in [0.1, 0.15) is 33.1 Å². The van der Waals surface area contributed by atoms with Crippen molar-refractivity contribution in [2.24, 2.45) is 5.92 Å². The highest BCUT2D eigenvalue weighted by Crippen LogP contribution is 2.33. The summed E-state index contributed by atoms with van der Waals surface area (Å²) < 4.78 is 5.27. The van der Waals surface area contributed by atoms with Gasteiger partial charge in [0.15, 0.2) is 0 Å². The molecule has 0 saturated heterocycles. The molecule has 0 heterocycles. The van der Waals surface area contributed by atoms with Crippen LogP contribution in [0.25, 0.3) is 0 Å². The van der Waals surface area contributed by atoms with Gasteiger partial charge in [0.25, 0.3) is 0 Å². The van der Waals surface area contributed by atoms with Crippen LogP contribution >= 0.6 is 0 Å². The van der Waals surface area contributed by atoms with Gasteiger partial charge in [-0.15, -0.1) is 0 Å². The zero-order chi connectivity index (χ0) is 8.81. The van der Waals surface area contributed by atoms with E-state index in [2.05, 4.69) is 12.2 Å². The average Bonchev–Trinajstić information content (AvgIpc) is 2.88. The van der Waals surface area contributed by atoms with Crippen LogP contribution in [-0.4, -0.2) is 25.8 Å². The van der Waals surface area contributed by atoms with E-state index in [1.165, 1.54) is 19.3 Å². The van der Waals surface area contributed by atoms with Crippen LogP contribution in [0.5, 0.6) is 0 Å². The third-order valence-electron chi connectivity index (χ3n) is 2.49. The fraction of sp³-hybridized carbons (Fsp3) is 1.00. The first-order valence-electron chi connectivity index (χ1n) is 5.19. The van der Waals surface area contributed by atoms with Gasteiger partial charge in [0, 0.05) is 19.2 Å². The Hall–Kier alpha value is -0.0800. The van der Waals surface area contributed by atoms with Gasteiger partial charge in [-0.25, -0.2) is 0 Å². The molecule has 0 aromatic heterocycles. The zero-order valence-electron chi connectivity index (χ0n) is 8.31. The van der Waals surface area contributed by atoms with Gasteiger partial charge < -0.3 is 10.1 Å². The summed E-state index contributed by atoms with van der Waals surface area (Å²) in [6, 6.07) is 0.755. The molecule has 1 unspecified atom stereocenters. The first-order valence-corrected chi connectivity index (χ1v) is 5.19. The molecule has 0 amide bonds. The van der Waals surface area contributed by atoms with Gasteiger partial charge in [-0.2, -0.15) is 0 Å². The summed E-state index contributed by atoms with van der Waals surface area (Å²) in [5, 5.41) is 3.54. The van der Waals surface area contributed by atoms with E-state index in [1.54, 1.807) is 0 Å². The second-order valence-corrected chi connectivity index (χ2v) is 3.50. The molecule has 12 heavy (non-hydrogen) atoms. The summed E-state index contributed by atoms with van der Waals surface area (Å²) in [6.45, 7) is 7.01. The van der Waals surface area contributed by atoms with Gasteiger partial charge in [-0.3, -0.25) is 0 Å². The predicted octanol–water partition coefficient (Wildman–Crippen LogP) is 1.80. The number of nitrogens with one attached hydrogen (secondary N) is 1. The molecule has 2 heteroatoms. The molecule has 1 aliphatic rings. The third kappa shape index (κ3) is 3.55. The van der Waals surface area contributed by atoms with Crippen LogP contribution in [0.2, 0.25) is 0 Å². The summed E-state index contributed by atoms with van der Waals surface area (Å²) in [5.74, 6) is 0.969. The smallest absolute Gasteiger partial charge is 0.0590 e. The molecule has 0 aromatic rings. The lowest BCUT2D eigenvalue weighted by Crippen LogP contribution is -2.33. The Labute approximate surface area is 75.7 Å². The van der Waals surface area contributed by atoms with E-state index in [-0.39, 0.29) is 0 Å². The highest BCUT2D eigenvalue weighted by molar-refractivity contribution is 4.85. The molecule has 0 bridgehead atoms. The standard InChI is InChI=1S/C10H21NO/c1-3-10(9-5-6-9)11-7-8-12-4-2/h9-11H,3-8H2,1-2H3. The highest BCUT2D eigenvalue weighted by Gasteiger charge is 2.29. The summed E-state index contributed by atoms with van der Waals surface area (Å²) >= 11 is 0. The lowest BCUT2D eigenvalue weighted by molar-refractivity contribution is 0.145. The third-order valence-corrected chi connectivity index (χ3v) is 2.49. The Bertz CT molecular complexity index is 112. The summed E-state index contributed by atoms with van der Waals surface area (Å²) in [6.07, 6.45) is 4.12. The number of ether oxygens (including phenoxy) is 1. The maximum absolute atomic E-state index is 5.27. The lowest BCUT2D eigenvalue weighted by Gasteiger charge is -2.15. The highest BCUT2D eigenvalue weighted by atomic mass is 16.5. The topological polar surface area (TPSA) is 21.3 Å². The number of rotatable bonds is 7. The zero-order valence-corrected chi connectivity index (χ0v) is 8.31. The van der Waals surface area contributed by atoms with Gasteiger partial charge in [-0.1, -0.05) is 6.92 Å². The van der Waals surface area contributed by atoms with Gasteiger partial charge in [0.2, 0.25) is 0 Å². The van der Waals surface area contributed by atoms with Gasteiger partial charge in [0.1, 0.15) is 0 Å². The molecule has 1 saturated carbocycles. The molecule has 0 aromatic carbocycles. The van der Waals surface area contributed by atoms with E-state index in [9.17, 15) is 0 Å². The average molecular weight is 171 g/mol. The summed E-state index contributed by atoms with van der Waals surface area (Å²) in [4.78, 5) is 0. The van der Waals surface area contributed by atoms with Crippen LogP contribution in [-0.2, 0) is 4.74 Å². The molecule has 1 aliphatic carbocycles. The van der Waals surface area contributed by atoms with Crippen LogP contribution in [0.3, 0.4) is 0 Å². The normalized spacial score (nSPS) is 19.5. The Morgan fingerprint density at radius 1 is 1.42 bits per heavy atom. The molecule has 0 radical (unpaired) electrons. The van der Waals surface area contributed by atoms with Gasteiger partial charge in [0.05, 0.1) is 6.61 Å². The number of hydrogen-bond acceptors (Lipinski definition) is 2. The van der Waals surface area contributed by atoms with E-state index in [0.717, 1.165) is 31.7 Å². The van der Waals surface area contributed by atoms with E-state index < -0.39 is 0 Å². The molecule has 0 aliphatic heterocycles. The summed E-state index contributed by atoms with van der Waals surface area (Å²) in [7, 11) is 0. The maximum Gasteiger partial charge on any atom is 0.0590 e. The molecule has 0 spiro atoms. The van der Waals surface area contributed by atoms with Crippen molar-refractivity contribution in [1.82, 2.24) is 5.32 Å². The van der Waals surface area contributed by atoms with Crippen molar-refractivity contribution in [3.8, 4) is 0 Å². The molecule has 1 rings (SSSR count). The minimum atomic E-state index is 0.755. The molecule has 1 atom stereocenters. The molecular formula is C10H21NO. The Balaban J connectivity index is 1.95. The van der Waals surface area contributed by atoms with Crippen molar-refractivity contribution in [2.75, 3.05) is 19.8 Å². The minimum Gasteiger partial charge on any atom is -0.380 e. The second-order valence-electron chi connectivity index (χ2n) is 3.50. The van der Waals surface area contributed by atoms with Gasteiger partial charge in [-0.05, 0) is 32.1 Å². The fourth-order valence-electron chi connectivity index (χ4n) is 1.60. The van der Waals surface area contributed by atoms with E-state index in [0.29, 0.717) is 0 Å². The molecular weight excluding hydrogens is 150 g/mol. The fourth-order valence-corrected chi connectivity index (χ4v) is 1.60. The van der Waals surface area contributed by atoms with Crippen LogP contribution in [0.4, 0.5) is 0 Å². The van der Waals surface area contributed by atoms with Crippen LogP contribution in [0.15, 0.2) is 0 Å². The quantitative estimate of drug-likeness (QED) is 0.590. The first-order chi connectivity index (χ1) is 5.88. The van der Waals surface area contributed by atoms with Crippen molar-refractivity contribution in [2.45, 2.75) is 39.2 Å². The van der Waals surface area contributed by atoms with E-state index in [4.69, 9.17) is 4.74 Å². The van der Waals surface area contributed by atoms with Crippen molar-refractivity contribution < 1.29 is 4.74 Å². The Kier molecular flexibility index (Phi) is 4.62. The number of hydrogen-bond donors (Lipinski definition) is 1. The Morgan fingerprint density at radius 3 is 2.67 bits per heavy atom. The first kappa shape index (κ1) is 10.0. The van der Waals surface area contributed by atoms with Crippen molar-refractivity contribution >= 4 is 0 Å². The largest absolute Gasteiger partial charge is 0.380 e. The molecule has 72 valence electrons. The summed E-state index contributed by atoms with van der Waals surface area (Å²) in [5.41, 5.74) is 0. The van der Waals surface area contributed by atoms with Gasteiger partial charge >= 0.3 is 0 Å². The second kappa shape index (κ2) is 5.55. The SMILES string of the molecule is CCOCCNC(CC)C1CC1. The van der Waals surface area contributed by atoms with Crippen molar-refractivity contribution in [3.63, 3.8) is 0 Å². The molecule has 1 N–H and O–H groups in total.